The highest BCUT2D eigenvalue weighted by Crippen LogP contribution is 2.44. The largest absolute Gasteiger partial charge is 0.491 e. The minimum absolute atomic E-state index is 0.00794. The molecule has 1 aliphatic rings. The predicted molar refractivity (Wildman–Crippen MR) is 77.7 cm³/mol. The van der Waals surface area contributed by atoms with E-state index < -0.39 is 0 Å². The first-order chi connectivity index (χ1) is 9.53. The molecule has 1 amide bonds. The highest BCUT2D eigenvalue weighted by atomic mass is 16.5. The van der Waals surface area contributed by atoms with Crippen molar-refractivity contribution < 1.29 is 14.6 Å². The monoisotopic (exact) mass is 277 g/mol. The Morgan fingerprint density at radius 3 is 2.80 bits per heavy atom. The Morgan fingerprint density at radius 1 is 1.45 bits per heavy atom. The average molecular weight is 277 g/mol. The van der Waals surface area contributed by atoms with Crippen molar-refractivity contribution in [3.63, 3.8) is 0 Å². The number of aliphatic hydroxyl groups is 1. The van der Waals surface area contributed by atoms with Gasteiger partial charge < -0.3 is 15.2 Å². The van der Waals surface area contributed by atoms with Gasteiger partial charge in [0.05, 0.1) is 19.1 Å². The number of benzene rings is 1. The number of carbonyl (C=O) groups excluding carboxylic acids is 1. The fraction of sp³-hybridized carbons (Fsp3) is 0.562. The van der Waals surface area contributed by atoms with Gasteiger partial charge in [0.1, 0.15) is 5.75 Å². The summed E-state index contributed by atoms with van der Waals surface area (Å²) in [4.78, 5) is 11.9. The van der Waals surface area contributed by atoms with E-state index >= 15 is 0 Å². The first kappa shape index (κ1) is 14.9. The van der Waals surface area contributed by atoms with Crippen molar-refractivity contribution >= 4 is 5.91 Å². The van der Waals surface area contributed by atoms with Gasteiger partial charge in [-0.25, -0.2) is 0 Å². The fourth-order valence-electron chi connectivity index (χ4n) is 2.10. The smallest absolute Gasteiger partial charge is 0.224 e. The number of nitrogens with one attached hydrogen (secondary N) is 1. The van der Waals surface area contributed by atoms with Gasteiger partial charge in [-0.1, -0.05) is 12.1 Å². The summed E-state index contributed by atoms with van der Waals surface area (Å²) in [6.07, 6.45) is 2.47. The third-order valence-electron chi connectivity index (χ3n) is 3.59. The Kier molecular flexibility index (Phi) is 4.65. The normalized spacial score (nSPS) is 16.0. The molecule has 0 saturated heterocycles. The van der Waals surface area contributed by atoms with Crippen molar-refractivity contribution in [1.82, 2.24) is 5.32 Å². The minimum atomic E-state index is -0.0434. The second kappa shape index (κ2) is 6.27. The maximum atomic E-state index is 11.9. The zero-order chi connectivity index (χ0) is 14.6. The summed E-state index contributed by atoms with van der Waals surface area (Å²) in [6, 6.07) is 7.62. The zero-order valence-electron chi connectivity index (χ0n) is 12.2. The molecule has 1 saturated carbocycles. The van der Waals surface area contributed by atoms with Gasteiger partial charge in [0.2, 0.25) is 5.91 Å². The third kappa shape index (κ3) is 4.23. The molecule has 0 radical (unpaired) electrons. The summed E-state index contributed by atoms with van der Waals surface area (Å²) < 4.78 is 5.61. The molecule has 0 spiro atoms. The number of ether oxygens (including phenoxy) is 1. The summed E-state index contributed by atoms with van der Waals surface area (Å²) >= 11 is 0. The number of aliphatic hydroxyl groups excluding tert-OH is 1. The number of carbonyl (C=O) groups is 1. The molecule has 2 N–H and O–H groups in total. The lowest BCUT2D eigenvalue weighted by Gasteiger charge is -2.13. The van der Waals surface area contributed by atoms with Crippen LogP contribution in [-0.4, -0.2) is 30.3 Å². The molecular formula is C16H23NO3. The maximum absolute atomic E-state index is 11.9. The van der Waals surface area contributed by atoms with Crippen LogP contribution < -0.4 is 10.1 Å². The van der Waals surface area contributed by atoms with Gasteiger partial charge >= 0.3 is 0 Å². The molecule has 0 atom stereocenters. The molecule has 2 rings (SSSR count). The van der Waals surface area contributed by atoms with Gasteiger partial charge in [0.25, 0.3) is 0 Å². The quantitative estimate of drug-likeness (QED) is 0.800. The number of amides is 1. The van der Waals surface area contributed by atoms with E-state index in [9.17, 15) is 9.90 Å². The zero-order valence-corrected chi connectivity index (χ0v) is 12.2. The Hall–Kier alpha value is -1.55. The molecular weight excluding hydrogens is 254 g/mol. The van der Waals surface area contributed by atoms with Crippen molar-refractivity contribution in [2.24, 2.45) is 5.41 Å². The molecule has 4 heteroatoms. The number of rotatable bonds is 7. The van der Waals surface area contributed by atoms with E-state index in [4.69, 9.17) is 4.74 Å². The van der Waals surface area contributed by atoms with E-state index in [-0.39, 0.29) is 24.0 Å². The van der Waals surface area contributed by atoms with E-state index in [1.807, 2.05) is 38.1 Å². The molecule has 1 aromatic rings. The molecule has 0 unspecified atom stereocenters. The van der Waals surface area contributed by atoms with E-state index in [1.54, 1.807) is 0 Å². The molecule has 1 aliphatic carbocycles. The molecule has 0 aromatic heterocycles. The van der Waals surface area contributed by atoms with Crippen molar-refractivity contribution in [2.45, 2.75) is 39.2 Å². The molecule has 0 aliphatic heterocycles. The molecule has 1 fully saturated rings. The number of hydrogen-bond acceptors (Lipinski definition) is 3. The average Bonchev–Trinajstić information content (AvgIpc) is 3.17. The van der Waals surface area contributed by atoms with Crippen LogP contribution in [0.4, 0.5) is 0 Å². The van der Waals surface area contributed by atoms with Crippen LogP contribution in [0, 0.1) is 5.41 Å². The summed E-state index contributed by atoms with van der Waals surface area (Å²) in [5.41, 5.74) is 0.896. The lowest BCUT2D eigenvalue weighted by Crippen LogP contribution is -2.32. The minimum Gasteiger partial charge on any atom is -0.491 e. The lowest BCUT2D eigenvalue weighted by molar-refractivity contribution is -0.120. The summed E-state index contributed by atoms with van der Waals surface area (Å²) in [5, 5.41) is 12.1. The van der Waals surface area contributed by atoms with E-state index in [1.165, 1.54) is 0 Å². The third-order valence-corrected chi connectivity index (χ3v) is 3.59. The SMILES string of the molecule is CC(C)Oc1cccc(CC(=O)NCC2(CO)CC2)c1. The summed E-state index contributed by atoms with van der Waals surface area (Å²) in [7, 11) is 0. The molecule has 110 valence electrons. The Bertz CT molecular complexity index is 467. The van der Waals surface area contributed by atoms with E-state index in [0.717, 1.165) is 24.2 Å². The number of hydrogen-bond donors (Lipinski definition) is 2. The van der Waals surface area contributed by atoms with Gasteiger partial charge in [-0.3, -0.25) is 4.79 Å². The van der Waals surface area contributed by atoms with Crippen molar-refractivity contribution in [2.75, 3.05) is 13.2 Å². The summed E-state index contributed by atoms with van der Waals surface area (Å²) in [5.74, 6) is 0.783. The molecule has 0 heterocycles. The fourth-order valence-corrected chi connectivity index (χ4v) is 2.10. The Labute approximate surface area is 120 Å². The van der Waals surface area contributed by atoms with Gasteiger partial charge in [-0.05, 0) is 44.4 Å². The molecule has 0 bridgehead atoms. The molecule has 20 heavy (non-hydrogen) atoms. The van der Waals surface area contributed by atoms with Gasteiger partial charge in [-0.15, -0.1) is 0 Å². The highest BCUT2D eigenvalue weighted by molar-refractivity contribution is 5.78. The Balaban J connectivity index is 1.84. The standard InChI is InChI=1S/C16H23NO3/c1-12(2)20-14-5-3-4-13(8-14)9-15(19)17-10-16(11-18)6-7-16/h3-5,8,12,18H,6-7,9-11H2,1-2H3,(H,17,19). The van der Waals surface area contributed by atoms with Crippen LogP contribution in [0.3, 0.4) is 0 Å². The van der Waals surface area contributed by atoms with Crippen LogP contribution >= 0.6 is 0 Å². The van der Waals surface area contributed by atoms with Crippen LogP contribution in [0.2, 0.25) is 0 Å². The second-order valence-electron chi connectivity index (χ2n) is 5.93. The van der Waals surface area contributed by atoms with E-state index in [2.05, 4.69) is 5.32 Å². The van der Waals surface area contributed by atoms with Gasteiger partial charge in [-0.2, -0.15) is 0 Å². The van der Waals surface area contributed by atoms with Crippen LogP contribution in [0.15, 0.2) is 24.3 Å². The highest BCUT2D eigenvalue weighted by Gasteiger charge is 2.41. The summed E-state index contributed by atoms with van der Waals surface area (Å²) in [6.45, 7) is 4.68. The van der Waals surface area contributed by atoms with Crippen molar-refractivity contribution in [1.29, 1.82) is 0 Å². The molecule has 4 nitrogen and oxygen atoms in total. The van der Waals surface area contributed by atoms with Crippen molar-refractivity contribution in [3.8, 4) is 5.75 Å². The first-order valence-electron chi connectivity index (χ1n) is 7.16. The second-order valence-corrected chi connectivity index (χ2v) is 5.93. The molecule has 1 aromatic carbocycles. The first-order valence-corrected chi connectivity index (χ1v) is 7.16. The van der Waals surface area contributed by atoms with Gasteiger partial charge in [0.15, 0.2) is 0 Å². The van der Waals surface area contributed by atoms with Crippen LogP contribution in [0.1, 0.15) is 32.3 Å². The van der Waals surface area contributed by atoms with Crippen molar-refractivity contribution in [3.05, 3.63) is 29.8 Å². The van der Waals surface area contributed by atoms with Crippen LogP contribution in [0.5, 0.6) is 5.75 Å². The van der Waals surface area contributed by atoms with Crippen LogP contribution in [-0.2, 0) is 11.2 Å². The lowest BCUT2D eigenvalue weighted by atomic mass is 10.1. The predicted octanol–water partition coefficient (Wildman–Crippen LogP) is 1.91. The van der Waals surface area contributed by atoms with Crippen LogP contribution in [0.25, 0.3) is 0 Å². The maximum Gasteiger partial charge on any atom is 0.224 e. The van der Waals surface area contributed by atoms with Gasteiger partial charge in [0, 0.05) is 12.0 Å². The van der Waals surface area contributed by atoms with E-state index in [0.29, 0.717) is 13.0 Å². The topological polar surface area (TPSA) is 58.6 Å². The Morgan fingerprint density at radius 2 is 2.20 bits per heavy atom.